The van der Waals surface area contributed by atoms with E-state index in [0.29, 0.717) is 6.04 Å². The van der Waals surface area contributed by atoms with E-state index in [0.717, 1.165) is 30.8 Å². The Bertz CT molecular complexity index is 578. The third-order valence-corrected chi connectivity index (χ3v) is 3.84. The Morgan fingerprint density at radius 3 is 2.70 bits per heavy atom. The van der Waals surface area contributed by atoms with E-state index < -0.39 is 0 Å². The number of nitrogens with zero attached hydrogens (tertiary/aromatic N) is 1. The number of hydrogen-bond acceptors (Lipinski definition) is 3. The standard InChI is InChI=1S/C17H25N3/c1-5-18-10-12(2)19-11-16-13(3)14(4)20-17-9-7-6-8-15(16)17/h6-9,12,18-19H,5,10-11H2,1-4H3. The molecule has 0 bridgehead atoms. The highest BCUT2D eigenvalue weighted by Gasteiger charge is 2.10. The maximum atomic E-state index is 4.67. The molecule has 20 heavy (non-hydrogen) atoms. The second-order valence-corrected chi connectivity index (χ2v) is 5.41. The topological polar surface area (TPSA) is 37.0 Å². The van der Waals surface area contributed by atoms with Gasteiger partial charge in [-0.05, 0) is 44.5 Å². The summed E-state index contributed by atoms with van der Waals surface area (Å²) in [4.78, 5) is 4.67. The number of benzene rings is 1. The Labute approximate surface area is 121 Å². The number of nitrogens with one attached hydrogen (secondary N) is 2. The van der Waals surface area contributed by atoms with Crippen molar-refractivity contribution in [1.82, 2.24) is 15.6 Å². The zero-order valence-corrected chi connectivity index (χ0v) is 13.0. The molecule has 0 aliphatic rings. The van der Waals surface area contributed by atoms with Crippen LogP contribution in [-0.4, -0.2) is 24.1 Å². The molecule has 0 aliphatic carbocycles. The Balaban J connectivity index is 2.22. The molecule has 3 nitrogen and oxygen atoms in total. The predicted molar refractivity (Wildman–Crippen MR) is 86.1 cm³/mol. The van der Waals surface area contributed by atoms with Crippen LogP contribution in [-0.2, 0) is 6.54 Å². The number of rotatable bonds is 6. The van der Waals surface area contributed by atoms with E-state index in [1.165, 1.54) is 16.5 Å². The van der Waals surface area contributed by atoms with Crippen LogP contribution < -0.4 is 10.6 Å². The first-order chi connectivity index (χ1) is 9.63. The molecule has 0 saturated carbocycles. The summed E-state index contributed by atoms with van der Waals surface area (Å²) in [6.45, 7) is 11.5. The van der Waals surface area contributed by atoms with Crippen LogP contribution in [0.2, 0.25) is 0 Å². The molecule has 2 aromatic rings. The zero-order chi connectivity index (χ0) is 14.5. The maximum absolute atomic E-state index is 4.67. The van der Waals surface area contributed by atoms with E-state index in [2.05, 4.69) is 67.6 Å². The van der Waals surface area contributed by atoms with Crippen molar-refractivity contribution in [3.63, 3.8) is 0 Å². The predicted octanol–water partition coefficient (Wildman–Crippen LogP) is 2.94. The van der Waals surface area contributed by atoms with Crippen molar-refractivity contribution in [3.8, 4) is 0 Å². The van der Waals surface area contributed by atoms with Crippen molar-refractivity contribution in [3.05, 3.63) is 41.1 Å². The van der Waals surface area contributed by atoms with E-state index in [1.807, 2.05) is 0 Å². The molecule has 1 unspecified atom stereocenters. The second kappa shape index (κ2) is 6.82. The van der Waals surface area contributed by atoms with Gasteiger partial charge in [-0.2, -0.15) is 0 Å². The molecule has 0 radical (unpaired) electrons. The minimum atomic E-state index is 0.460. The molecule has 1 atom stereocenters. The van der Waals surface area contributed by atoms with Crippen molar-refractivity contribution in [1.29, 1.82) is 0 Å². The van der Waals surface area contributed by atoms with Gasteiger partial charge in [0.05, 0.1) is 5.52 Å². The van der Waals surface area contributed by atoms with Gasteiger partial charge < -0.3 is 10.6 Å². The normalized spacial score (nSPS) is 12.8. The Morgan fingerprint density at radius 1 is 1.20 bits per heavy atom. The highest BCUT2D eigenvalue weighted by Crippen LogP contribution is 2.22. The zero-order valence-electron chi connectivity index (χ0n) is 13.0. The Morgan fingerprint density at radius 2 is 1.95 bits per heavy atom. The molecule has 0 fully saturated rings. The number of para-hydroxylation sites is 1. The van der Waals surface area contributed by atoms with Gasteiger partial charge in [-0.3, -0.25) is 4.98 Å². The Kier molecular flexibility index (Phi) is 5.10. The van der Waals surface area contributed by atoms with Crippen LogP contribution in [0.1, 0.15) is 30.7 Å². The van der Waals surface area contributed by atoms with Crippen molar-refractivity contribution >= 4 is 10.9 Å². The smallest absolute Gasteiger partial charge is 0.0708 e. The maximum Gasteiger partial charge on any atom is 0.0708 e. The first-order valence-corrected chi connectivity index (χ1v) is 7.42. The molecule has 0 amide bonds. The summed E-state index contributed by atoms with van der Waals surface area (Å²) in [5.41, 5.74) is 4.88. The van der Waals surface area contributed by atoms with Crippen LogP contribution in [0.25, 0.3) is 10.9 Å². The van der Waals surface area contributed by atoms with Crippen LogP contribution in [0.4, 0.5) is 0 Å². The number of likely N-dealkylation sites (N-methyl/N-ethyl adjacent to an activating group) is 1. The first-order valence-electron chi connectivity index (χ1n) is 7.42. The fraction of sp³-hybridized carbons (Fsp3) is 0.471. The summed E-state index contributed by atoms with van der Waals surface area (Å²) in [5, 5.41) is 8.24. The molecular weight excluding hydrogens is 246 g/mol. The average molecular weight is 271 g/mol. The molecule has 1 aromatic carbocycles. The van der Waals surface area contributed by atoms with Crippen LogP contribution in [0.15, 0.2) is 24.3 Å². The summed E-state index contributed by atoms with van der Waals surface area (Å²) in [6.07, 6.45) is 0. The van der Waals surface area contributed by atoms with Crippen LogP contribution in [0.3, 0.4) is 0 Å². The molecule has 1 heterocycles. The quantitative estimate of drug-likeness (QED) is 0.848. The lowest BCUT2D eigenvalue weighted by atomic mass is 10.0. The van der Waals surface area contributed by atoms with Gasteiger partial charge in [0.2, 0.25) is 0 Å². The van der Waals surface area contributed by atoms with Crippen molar-refractivity contribution in [2.24, 2.45) is 0 Å². The molecule has 0 aliphatic heterocycles. The average Bonchev–Trinajstić information content (AvgIpc) is 2.45. The lowest BCUT2D eigenvalue weighted by molar-refractivity contribution is 0.509. The highest BCUT2D eigenvalue weighted by atomic mass is 15.0. The molecule has 0 spiro atoms. The molecular formula is C17H25N3. The summed E-state index contributed by atoms with van der Waals surface area (Å²) in [6, 6.07) is 8.86. The summed E-state index contributed by atoms with van der Waals surface area (Å²) >= 11 is 0. The lowest BCUT2D eigenvalue weighted by Crippen LogP contribution is -2.36. The third kappa shape index (κ3) is 3.35. The molecule has 1 aromatic heterocycles. The SMILES string of the molecule is CCNCC(C)NCc1c(C)c(C)nc2ccccc12. The fourth-order valence-corrected chi connectivity index (χ4v) is 2.45. The lowest BCUT2D eigenvalue weighted by Gasteiger charge is -2.17. The van der Waals surface area contributed by atoms with E-state index in [1.54, 1.807) is 0 Å². The van der Waals surface area contributed by atoms with Gasteiger partial charge in [0.25, 0.3) is 0 Å². The first kappa shape index (κ1) is 14.9. The van der Waals surface area contributed by atoms with Gasteiger partial charge in [-0.25, -0.2) is 0 Å². The minimum absolute atomic E-state index is 0.460. The molecule has 2 N–H and O–H groups in total. The van der Waals surface area contributed by atoms with Crippen molar-refractivity contribution in [2.75, 3.05) is 13.1 Å². The monoisotopic (exact) mass is 271 g/mol. The summed E-state index contributed by atoms with van der Waals surface area (Å²) < 4.78 is 0. The number of aromatic nitrogens is 1. The van der Waals surface area contributed by atoms with Crippen molar-refractivity contribution < 1.29 is 0 Å². The van der Waals surface area contributed by atoms with Gasteiger partial charge in [-0.1, -0.05) is 25.1 Å². The molecule has 108 valence electrons. The number of fused-ring (bicyclic) bond motifs is 1. The number of hydrogen-bond donors (Lipinski definition) is 2. The molecule has 0 saturated heterocycles. The van der Waals surface area contributed by atoms with E-state index in [9.17, 15) is 0 Å². The number of pyridine rings is 1. The van der Waals surface area contributed by atoms with Crippen LogP contribution >= 0.6 is 0 Å². The van der Waals surface area contributed by atoms with Gasteiger partial charge in [0.15, 0.2) is 0 Å². The van der Waals surface area contributed by atoms with Crippen LogP contribution in [0.5, 0.6) is 0 Å². The Hall–Kier alpha value is -1.45. The van der Waals surface area contributed by atoms with Gasteiger partial charge in [-0.15, -0.1) is 0 Å². The van der Waals surface area contributed by atoms with Crippen LogP contribution in [0, 0.1) is 13.8 Å². The number of aryl methyl sites for hydroxylation is 1. The van der Waals surface area contributed by atoms with Crippen molar-refractivity contribution in [2.45, 2.75) is 40.3 Å². The van der Waals surface area contributed by atoms with Gasteiger partial charge in [0.1, 0.15) is 0 Å². The van der Waals surface area contributed by atoms with E-state index in [4.69, 9.17) is 0 Å². The largest absolute Gasteiger partial charge is 0.315 e. The summed E-state index contributed by atoms with van der Waals surface area (Å²) in [7, 11) is 0. The minimum Gasteiger partial charge on any atom is -0.315 e. The van der Waals surface area contributed by atoms with E-state index >= 15 is 0 Å². The molecule has 3 heteroatoms. The third-order valence-electron chi connectivity index (χ3n) is 3.84. The van der Waals surface area contributed by atoms with Gasteiger partial charge >= 0.3 is 0 Å². The highest BCUT2D eigenvalue weighted by molar-refractivity contribution is 5.83. The van der Waals surface area contributed by atoms with E-state index in [-0.39, 0.29) is 0 Å². The molecule has 2 rings (SSSR count). The summed E-state index contributed by atoms with van der Waals surface area (Å²) in [5.74, 6) is 0. The fourth-order valence-electron chi connectivity index (χ4n) is 2.45. The second-order valence-electron chi connectivity index (χ2n) is 5.41. The van der Waals surface area contributed by atoms with Gasteiger partial charge in [0, 0.05) is 30.2 Å².